The number of carbonyl (C=O) groups is 2. The van der Waals surface area contributed by atoms with E-state index in [4.69, 9.17) is 5.11 Å². The van der Waals surface area contributed by atoms with E-state index in [0.717, 1.165) is 36.0 Å². The van der Waals surface area contributed by atoms with Gasteiger partial charge < -0.3 is 5.11 Å². The second-order valence-electron chi connectivity index (χ2n) is 5.70. The Labute approximate surface area is 129 Å². The molecule has 1 aliphatic rings. The second-order valence-corrected chi connectivity index (χ2v) is 5.70. The van der Waals surface area contributed by atoms with Gasteiger partial charge in [-0.25, -0.2) is 4.79 Å². The summed E-state index contributed by atoms with van der Waals surface area (Å²) in [6, 6.07) is 10.7. The summed E-state index contributed by atoms with van der Waals surface area (Å²) in [5.41, 5.74) is 4.85. The van der Waals surface area contributed by atoms with Crippen LogP contribution in [0.25, 0.3) is 0 Å². The smallest absolute Gasteiger partial charge is 0.335 e. The average molecular weight is 294 g/mol. The van der Waals surface area contributed by atoms with E-state index in [0.29, 0.717) is 12.0 Å². The molecule has 3 rings (SSSR count). The van der Waals surface area contributed by atoms with Crippen molar-refractivity contribution in [3.8, 4) is 0 Å². The Morgan fingerprint density at radius 1 is 1.14 bits per heavy atom. The van der Waals surface area contributed by atoms with Crippen molar-refractivity contribution < 1.29 is 14.7 Å². The minimum atomic E-state index is -0.955. The molecule has 0 spiro atoms. The van der Waals surface area contributed by atoms with Crippen LogP contribution in [-0.4, -0.2) is 16.9 Å². The van der Waals surface area contributed by atoms with Crippen molar-refractivity contribution in [1.29, 1.82) is 0 Å². The molecule has 2 aromatic carbocycles. The highest BCUT2D eigenvalue weighted by Crippen LogP contribution is 2.28. The number of fused-ring (bicyclic) bond motifs is 2. The lowest BCUT2D eigenvalue weighted by Gasteiger charge is -2.10. The van der Waals surface area contributed by atoms with Gasteiger partial charge in [0.25, 0.3) is 0 Å². The fourth-order valence-electron chi connectivity index (χ4n) is 3.21. The van der Waals surface area contributed by atoms with Crippen molar-refractivity contribution in [1.82, 2.24) is 0 Å². The number of benzene rings is 2. The van der Waals surface area contributed by atoms with Gasteiger partial charge in [-0.05, 0) is 54.2 Å². The molecule has 3 nitrogen and oxygen atoms in total. The van der Waals surface area contributed by atoms with Crippen LogP contribution in [0.3, 0.4) is 0 Å². The van der Waals surface area contributed by atoms with Crippen molar-refractivity contribution in [3.05, 3.63) is 69.8 Å². The van der Waals surface area contributed by atoms with Gasteiger partial charge in [0, 0.05) is 11.1 Å². The maximum absolute atomic E-state index is 12.8. The van der Waals surface area contributed by atoms with Crippen LogP contribution in [0.2, 0.25) is 0 Å². The van der Waals surface area contributed by atoms with Gasteiger partial charge in [0.05, 0.1) is 5.56 Å². The third-order valence-electron chi connectivity index (χ3n) is 4.28. The predicted octanol–water partition coefficient (Wildman–Crippen LogP) is 3.67. The molecule has 0 amide bonds. The zero-order valence-corrected chi connectivity index (χ0v) is 12.6. The maximum atomic E-state index is 12.8. The molecule has 2 aromatic rings. The summed E-state index contributed by atoms with van der Waals surface area (Å²) >= 11 is 0. The molecule has 112 valence electrons. The molecule has 1 N–H and O–H groups in total. The Morgan fingerprint density at radius 3 is 2.68 bits per heavy atom. The van der Waals surface area contributed by atoms with Crippen molar-refractivity contribution in [2.45, 2.75) is 32.6 Å². The Morgan fingerprint density at radius 2 is 1.95 bits per heavy atom. The van der Waals surface area contributed by atoms with E-state index in [1.165, 1.54) is 11.6 Å². The molecule has 0 fully saturated rings. The van der Waals surface area contributed by atoms with E-state index in [1.54, 1.807) is 12.1 Å². The van der Waals surface area contributed by atoms with Crippen LogP contribution in [0.5, 0.6) is 0 Å². The third kappa shape index (κ3) is 2.43. The van der Waals surface area contributed by atoms with Gasteiger partial charge in [-0.2, -0.15) is 0 Å². The van der Waals surface area contributed by atoms with E-state index >= 15 is 0 Å². The lowest BCUT2D eigenvalue weighted by molar-refractivity contribution is 0.0696. The van der Waals surface area contributed by atoms with Gasteiger partial charge in [-0.15, -0.1) is 0 Å². The first kappa shape index (κ1) is 14.5. The van der Waals surface area contributed by atoms with Crippen LogP contribution >= 0.6 is 0 Å². The highest BCUT2D eigenvalue weighted by molar-refractivity contribution is 6.11. The summed E-state index contributed by atoms with van der Waals surface area (Å²) in [6.45, 7) is 2.13. The van der Waals surface area contributed by atoms with Crippen molar-refractivity contribution in [2.75, 3.05) is 0 Å². The van der Waals surface area contributed by atoms with Crippen LogP contribution < -0.4 is 0 Å². The van der Waals surface area contributed by atoms with Gasteiger partial charge in [0.1, 0.15) is 0 Å². The van der Waals surface area contributed by atoms with Crippen molar-refractivity contribution in [2.24, 2.45) is 0 Å². The zero-order chi connectivity index (χ0) is 15.7. The van der Waals surface area contributed by atoms with Gasteiger partial charge in [0.15, 0.2) is 5.78 Å². The molecule has 0 saturated carbocycles. The molecular weight excluding hydrogens is 276 g/mol. The highest BCUT2D eigenvalue weighted by atomic mass is 16.4. The Bertz CT molecular complexity index is 759. The first-order chi connectivity index (χ1) is 10.6. The number of carboxylic acids is 1. The monoisotopic (exact) mass is 294 g/mol. The average Bonchev–Trinajstić information content (AvgIpc) is 2.66. The minimum Gasteiger partial charge on any atom is -0.478 e. The van der Waals surface area contributed by atoms with Crippen LogP contribution in [0.4, 0.5) is 0 Å². The number of carboxylic acid groups (broad SMARTS) is 1. The summed E-state index contributed by atoms with van der Waals surface area (Å²) < 4.78 is 0. The van der Waals surface area contributed by atoms with Gasteiger partial charge in [-0.1, -0.05) is 31.5 Å². The Balaban J connectivity index is 2.11. The van der Waals surface area contributed by atoms with E-state index in [9.17, 15) is 9.59 Å². The summed E-state index contributed by atoms with van der Waals surface area (Å²) in [7, 11) is 0. The molecule has 0 bridgehead atoms. The lowest BCUT2D eigenvalue weighted by Crippen LogP contribution is -2.07. The summed E-state index contributed by atoms with van der Waals surface area (Å²) in [5.74, 6) is -0.943. The Hall–Kier alpha value is -2.42. The zero-order valence-electron chi connectivity index (χ0n) is 12.6. The number of carbonyl (C=O) groups excluding carboxylic acids is 1. The first-order valence-corrected chi connectivity index (χ1v) is 7.63. The second kappa shape index (κ2) is 5.76. The quantitative estimate of drug-likeness (QED) is 0.939. The summed E-state index contributed by atoms with van der Waals surface area (Å²) in [5, 5.41) is 9.13. The molecule has 3 heteroatoms. The first-order valence-electron chi connectivity index (χ1n) is 7.63. The molecule has 0 heterocycles. The topological polar surface area (TPSA) is 54.4 Å². The number of hydrogen-bond acceptors (Lipinski definition) is 2. The molecule has 0 unspecified atom stereocenters. The normalized spacial score (nSPS) is 13.2. The number of hydrogen-bond donors (Lipinski definition) is 1. The SMILES string of the molecule is CCCc1cccc2c1CCc1cc(C(=O)O)ccc1C2=O. The fourth-order valence-corrected chi connectivity index (χ4v) is 3.21. The molecule has 0 aromatic heterocycles. The number of rotatable bonds is 3. The molecule has 0 atom stereocenters. The van der Waals surface area contributed by atoms with E-state index < -0.39 is 5.97 Å². The summed E-state index contributed by atoms with van der Waals surface area (Å²) in [6.07, 6.45) is 3.50. The number of aromatic carboxylic acids is 1. The van der Waals surface area contributed by atoms with Gasteiger partial charge in [-0.3, -0.25) is 4.79 Å². The maximum Gasteiger partial charge on any atom is 0.335 e. The molecule has 0 saturated heterocycles. The summed E-state index contributed by atoms with van der Waals surface area (Å²) in [4.78, 5) is 23.9. The third-order valence-corrected chi connectivity index (χ3v) is 4.28. The minimum absolute atomic E-state index is 0.0115. The number of aryl methyl sites for hydroxylation is 2. The standard InChI is InChI=1S/C19H18O3/c1-2-4-12-5-3-6-17-15(12)9-7-13-11-14(19(21)22)8-10-16(13)18(17)20/h3,5-6,8,10-11H,2,4,7,9H2,1H3,(H,21,22). The predicted molar refractivity (Wildman–Crippen MR) is 84.7 cm³/mol. The van der Waals surface area contributed by atoms with Gasteiger partial charge in [0.2, 0.25) is 0 Å². The van der Waals surface area contributed by atoms with Crippen LogP contribution in [0.1, 0.15) is 56.3 Å². The Kier molecular flexibility index (Phi) is 3.80. The van der Waals surface area contributed by atoms with Crippen molar-refractivity contribution >= 4 is 11.8 Å². The number of ketones is 1. The largest absolute Gasteiger partial charge is 0.478 e. The molecule has 0 radical (unpaired) electrons. The van der Waals surface area contributed by atoms with Crippen LogP contribution in [0.15, 0.2) is 36.4 Å². The van der Waals surface area contributed by atoms with E-state index in [2.05, 4.69) is 13.0 Å². The van der Waals surface area contributed by atoms with Crippen LogP contribution in [-0.2, 0) is 19.3 Å². The molecule has 1 aliphatic carbocycles. The van der Waals surface area contributed by atoms with Crippen LogP contribution in [0, 0.1) is 0 Å². The lowest BCUT2D eigenvalue weighted by atomic mass is 9.93. The van der Waals surface area contributed by atoms with Crippen molar-refractivity contribution in [3.63, 3.8) is 0 Å². The molecule has 0 aliphatic heterocycles. The molecular formula is C19H18O3. The van der Waals surface area contributed by atoms with E-state index in [-0.39, 0.29) is 11.3 Å². The van der Waals surface area contributed by atoms with E-state index in [1.807, 2.05) is 12.1 Å². The molecule has 22 heavy (non-hydrogen) atoms. The highest BCUT2D eigenvalue weighted by Gasteiger charge is 2.23. The van der Waals surface area contributed by atoms with Gasteiger partial charge >= 0.3 is 5.97 Å². The fraction of sp³-hybridized carbons (Fsp3) is 0.263.